The lowest BCUT2D eigenvalue weighted by atomic mass is 9.49. The number of nitrogens with one attached hydrogen (secondary N) is 2. The Bertz CT molecular complexity index is 2170. The van der Waals surface area contributed by atoms with Crippen LogP contribution >= 0.6 is 11.3 Å². The van der Waals surface area contributed by atoms with Gasteiger partial charge in [0.15, 0.2) is 5.13 Å². The lowest BCUT2D eigenvalue weighted by Crippen LogP contribution is -2.48. The Hall–Kier alpha value is -5.10. The zero-order valence-electron chi connectivity index (χ0n) is 29.1. The minimum atomic E-state index is -1.13. The molecular formula is C40H41N7O4S. The Morgan fingerprint density at radius 3 is 2.44 bits per heavy atom. The zero-order valence-corrected chi connectivity index (χ0v) is 29.9. The quantitative estimate of drug-likeness (QED) is 0.153. The molecule has 0 spiro atoms. The summed E-state index contributed by atoms with van der Waals surface area (Å²) in [5.74, 6) is 1.19. The Morgan fingerprint density at radius 2 is 1.69 bits per heavy atom. The predicted octanol–water partition coefficient (Wildman–Crippen LogP) is 6.71. The minimum Gasteiger partial charge on any atom is -0.480 e. The van der Waals surface area contributed by atoms with E-state index in [0.717, 1.165) is 56.9 Å². The van der Waals surface area contributed by atoms with E-state index in [1.807, 2.05) is 60.8 Å². The molecule has 0 radical (unpaired) electrons. The van der Waals surface area contributed by atoms with Crippen molar-refractivity contribution in [2.45, 2.75) is 65.0 Å². The van der Waals surface area contributed by atoms with Crippen LogP contribution in [0.15, 0.2) is 60.8 Å². The Kier molecular flexibility index (Phi) is 8.09. The summed E-state index contributed by atoms with van der Waals surface area (Å²) in [5, 5.41) is 20.3. The zero-order chi connectivity index (χ0) is 35.6. The average Bonchev–Trinajstić information content (AvgIpc) is 3.70. The number of pyridine rings is 1. The monoisotopic (exact) mass is 715 g/mol. The van der Waals surface area contributed by atoms with Gasteiger partial charge in [0.25, 0.3) is 11.8 Å². The van der Waals surface area contributed by atoms with Crippen molar-refractivity contribution in [2.24, 2.45) is 23.2 Å². The number of carbonyl (C=O) groups excluding carboxylic acids is 2. The first kappa shape index (κ1) is 32.8. The fourth-order valence-electron chi connectivity index (χ4n) is 10.0. The van der Waals surface area contributed by atoms with Crippen LogP contribution in [0.1, 0.15) is 76.2 Å². The fourth-order valence-corrected chi connectivity index (χ4v) is 10.9. The number of carboxylic acid groups (broad SMARTS) is 1. The molecular weight excluding hydrogens is 675 g/mol. The molecule has 0 unspecified atom stereocenters. The molecule has 3 N–H and O–H groups in total. The SMILES string of the molecule is Cc1c(-c2ccc(N3CCc4cccc(C(=O)Nc5nc6ccccc6s5)c4C3)nc2C(=O)NCC(=O)O)cnn1CC12CC3CC(CC(C3)C1)C2. The molecule has 0 atom stereocenters. The summed E-state index contributed by atoms with van der Waals surface area (Å²) in [5.41, 5.74) is 6.27. The first-order chi connectivity index (χ1) is 25.2. The molecule has 4 fully saturated rings. The predicted molar refractivity (Wildman–Crippen MR) is 200 cm³/mol. The molecule has 266 valence electrons. The number of nitrogens with zero attached hydrogens (tertiary/aromatic N) is 5. The highest BCUT2D eigenvalue weighted by Gasteiger charge is 2.51. The number of aliphatic carboxylic acids is 1. The van der Waals surface area contributed by atoms with Gasteiger partial charge in [0.1, 0.15) is 18.1 Å². The lowest BCUT2D eigenvalue weighted by molar-refractivity contribution is -0.135. The van der Waals surface area contributed by atoms with E-state index >= 15 is 0 Å². The number of carbonyl (C=O) groups is 3. The molecule has 2 amide bonds. The highest BCUT2D eigenvalue weighted by Crippen LogP contribution is 2.60. The molecule has 12 heteroatoms. The number of hydrogen-bond acceptors (Lipinski definition) is 8. The van der Waals surface area contributed by atoms with E-state index in [2.05, 4.69) is 32.1 Å². The molecule has 5 aliphatic rings. The van der Waals surface area contributed by atoms with Crippen LogP contribution in [0.4, 0.5) is 10.9 Å². The second-order valence-corrected chi connectivity index (χ2v) is 16.4. The molecule has 5 aromatic rings. The third-order valence-corrected chi connectivity index (χ3v) is 12.8. The third-order valence-electron chi connectivity index (χ3n) is 11.9. The second kappa shape index (κ2) is 12.8. The van der Waals surface area contributed by atoms with Crippen LogP contribution < -0.4 is 15.5 Å². The third kappa shape index (κ3) is 6.02. The number of thiazole rings is 1. The van der Waals surface area contributed by atoms with E-state index in [1.54, 1.807) is 0 Å². The highest BCUT2D eigenvalue weighted by atomic mass is 32.1. The molecule has 10 rings (SSSR count). The number of benzene rings is 2. The van der Waals surface area contributed by atoms with E-state index in [9.17, 15) is 19.5 Å². The maximum atomic E-state index is 13.6. The molecule has 4 heterocycles. The summed E-state index contributed by atoms with van der Waals surface area (Å²) in [6.45, 7) is 3.48. The number of amides is 2. The maximum Gasteiger partial charge on any atom is 0.322 e. The summed E-state index contributed by atoms with van der Waals surface area (Å²) < 4.78 is 3.12. The number of aromatic nitrogens is 4. The summed E-state index contributed by atoms with van der Waals surface area (Å²) in [6, 6.07) is 17.4. The summed E-state index contributed by atoms with van der Waals surface area (Å²) in [7, 11) is 0. The van der Waals surface area contributed by atoms with Gasteiger partial charge in [-0.1, -0.05) is 35.6 Å². The van der Waals surface area contributed by atoms with Gasteiger partial charge in [-0.25, -0.2) is 9.97 Å². The van der Waals surface area contributed by atoms with Crippen molar-refractivity contribution in [3.8, 4) is 11.1 Å². The normalized spacial score (nSPS) is 23.1. The van der Waals surface area contributed by atoms with Gasteiger partial charge >= 0.3 is 5.97 Å². The van der Waals surface area contributed by atoms with Crippen molar-refractivity contribution < 1.29 is 19.5 Å². The lowest BCUT2D eigenvalue weighted by Gasteiger charge is -2.56. The van der Waals surface area contributed by atoms with E-state index in [-0.39, 0.29) is 11.6 Å². The van der Waals surface area contributed by atoms with Crippen molar-refractivity contribution in [3.63, 3.8) is 0 Å². The molecule has 4 saturated carbocycles. The van der Waals surface area contributed by atoms with Crippen LogP contribution in [0.25, 0.3) is 21.3 Å². The Morgan fingerprint density at radius 1 is 0.923 bits per heavy atom. The number of rotatable bonds is 9. The maximum absolute atomic E-state index is 13.6. The van der Waals surface area contributed by atoms with E-state index in [0.29, 0.717) is 47.0 Å². The topological polar surface area (TPSA) is 142 Å². The van der Waals surface area contributed by atoms with Gasteiger partial charge in [0, 0.05) is 42.0 Å². The van der Waals surface area contributed by atoms with E-state index in [4.69, 9.17) is 10.1 Å². The standard InChI is InChI=1S/C40H41N7O4S/c1-23-30(19-42-47(23)22-40-16-24-13-25(17-40)15-26(14-24)18-40)28-9-10-34(44-36(28)38(51)41-20-35(48)49)46-12-11-27-5-4-6-29(31(27)21-46)37(50)45-39-43-32-7-2-3-8-33(32)52-39/h2-10,19,24-26H,11-18,20-22H2,1H3,(H,41,51)(H,48,49)(H,43,45,50). The summed E-state index contributed by atoms with van der Waals surface area (Å²) >= 11 is 1.44. The van der Waals surface area contributed by atoms with Crippen molar-refractivity contribution in [1.82, 2.24) is 25.1 Å². The van der Waals surface area contributed by atoms with Crippen molar-refractivity contribution in [2.75, 3.05) is 23.3 Å². The first-order valence-electron chi connectivity index (χ1n) is 18.3. The number of para-hydroxylation sites is 1. The smallest absolute Gasteiger partial charge is 0.322 e. The Balaban J connectivity index is 0.999. The number of anilines is 2. The van der Waals surface area contributed by atoms with Crippen LogP contribution in [0.3, 0.4) is 0 Å². The summed E-state index contributed by atoms with van der Waals surface area (Å²) in [4.78, 5) is 50.2. The van der Waals surface area contributed by atoms with Gasteiger partial charge in [0.2, 0.25) is 0 Å². The van der Waals surface area contributed by atoms with Gasteiger partial charge < -0.3 is 15.3 Å². The van der Waals surface area contributed by atoms with Gasteiger partial charge in [-0.3, -0.25) is 24.4 Å². The van der Waals surface area contributed by atoms with E-state index in [1.165, 1.54) is 49.9 Å². The van der Waals surface area contributed by atoms with Gasteiger partial charge in [0.05, 0.1) is 16.4 Å². The number of hydrogen-bond donors (Lipinski definition) is 3. The molecule has 3 aromatic heterocycles. The summed E-state index contributed by atoms with van der Waals surface area (Å²) in [6.07, 6.45) is 10.5. The molecule has 2 aromatic carbocycles. The van der Waals surface area contributed by atoms with Crippen LogP contribution in [0.2, 0.25) is 0 Å². The fraction of sp³-hybridized carbons (Fsp3) is 0.400. The van der Waals surface area contributed by atoms with Crippen LogP contribution in [-0.2, 0) is 24.3 Å². The largest absolute Gasteiger partial charge is 0.480 e. The van der Waals surface area contributed by atoms with Crippen LogP contribution in [0.5, 0.6) is 0 Å². The second-order valence-electron chi connectivity index (χ2n) is 15.4. The first-order valence-corrected chi connectivity index (χ1v) is 19.1. The average molecular weight is 716 g/mol. The molecule has 11 nitrogen and oxygen atoms in total. The van der Waals surface area contributed by atoms with Crippen LogP contribution in [0, 0.1) is 30.1 Å². The molecule has 1 aliphatic heterocycles. The van der Waals surface area contributed by atoms with E-state index < -0.39 is 18.4 Å². The van der Waals surface area contributed by atoms with Gasteiger partial charge in [-0.15, -0.1) is 0 Å². The van der Waals surface area contributed by atoms with Crippen molar-refractivity contribution in [3.05, 3.63) is 88.9 Å². The van der Waals surface area contributed by atoms with Gasteiger partial charge in [-0.2, -0.15) is 5.10 Å². The highest BCUT2D eigenvalue weighted by molar-refractivity contribution is 7.22. The van der Waals surface area contributed by atoms with Crippen LogP contribution in [-0.4, -0.2) is 55.7 Å². The van der Waals surface area contributed by atoms with Gasteiger partial charge in [-0.05, 0) is 116 Å². The molecule has 0 saturated heterocycles. The number of fused-ring (bicyclic) bond motifs is 2. The van der Waals surface area contributed by atoms with Crippen molar-refractivity contribution >= 4 is 50.3 Å². The minimum absolute atomic E-state index is 0.156. The molecule has 52 heavy (non-hydrogen) atoms. The Labute approximate surface area is 305 Å². The van der Waals surface area contributed by atoms with Crippen molar-refractivity contribution in [1.29, 1.82) is 0 Å². The molecule has 4 aliphatic carbocycles. The number of carboxylic acids is 1. The molecule has 4 bridgehead atoms.